The molecule has 2 N–H and O–H groups in total. The summed E-state index contributed by atoms with van der Waals surface area (Å²) in [5, 5.41) is 10.6. The second kappa shape index (κ2) is 6.87. The van der Waals surface area contributed by atoms with Crippen LogP contribution in [0.3, 0.4) is 0 Å². The third-order valence-electron chi connectivity index (χ3n) is 3.43. The van der Waals surface area contributed by atoms with Crippen molar-refractivity contribution in [1.29, 1.82) is 0 Å². The molecule has 8 heteroatoms. The molecule has 1 aromatic rings. The van der Waals surface area contributed by atoms with E-state index in [0.29, 0.717) is 12.2 Å². The molecule has 0 bridgehead atoms. The SMILES string of the molecule is Cc1csc(C(=O)O)c1S(=O)(=O)NCCOC1CCCC1. The molecule has 6 nitrogen and oxygen atoms in total. The van der Waals surface area contributed by atoms with E-state index in [1.165, 1.54) is 5.38 Å². The summed E-state index contributed by atoms with van der Waals surface area (Å²) in [6.07, 6.45) is 4.60. The van der Waals surface area contributed by atoms with Crippen LogP contribution in [0.4, 0.5) is 0 Å². The zero-order valence-corrected chi connectivity index (χ0v) is 13.4. The van der Waals surface area contributed by atoms with Crippen molar-refractivity contribution in [2.75, 3.05) is 13.2 Å². The topological polar surface area (TPSA) is 92.7 Å². The molecule has 0 saturated heterocycles. The lowest BCUT2D eigenvalue weighted by Gasteiger charge is -2.12. The van der Waals surface area contributed by atoms with Gasteiger partial charge < -0.3 is 9.84 Å². The number of hydrogen-bond donors (Lipinski definition) is 2. The van der Waals surface area contributed by atoms with Crippen LogP contribution in [0.5, 0.6) is 0 Å². The Morgan fingerprint density at radius 2 is 2.14 bits per heavy atom. The number of carbonyl (C=O) groups is 1. The fourth-order valence-electron chi connectivity index (χ4n) is 2.44. The number of sulfonamides is 1. The van der Waals surface area contributed by atoms with E-state index in [1.54, 1.807) is 6.92 Å². The quantitative estimate of drug-likeness (QED) is 0.745. The number of hydrogen-bond acceptors (Lipinski definition) is 5. The molecule has 1 aromatic heterocycles. The number of nitrogens with one attached hydrogen (secondary N) is 1. The highest BCUT2D eigenvalue weighted by atomic mass is 32.2. The molecule has 1 aliphatic carbocycles. The van der Waals surface area contributed by atoms with E-state index in [-0.39, 0.29) is 22.4 Å². The summed E-state index contributed by atoms with van der Waals surface area (Å²) in [6, 6.07) is 0. The maximum absolute atomic E-state index is 12.2. The van der Waals surface area contributed by atoms with Crippen molar-refractivity contribution in [3.8, 4) is 0 Å². The highest BCUT2D eigenvalue weighted by Crippen LogP contribution is 2.26. The molecular formula is C13H19NO5S2. The van der Waals surface area contributed by atoms with Crippen LogP contribution in [0.1, 0.15) is 40.9 Å². The Morgan fingerprint density at radius 3 is 2.76 bits per heavy atom. The molecule has 21 heavy (non-hydrogen) atoms. The Hall–Kier alpha value is -0.960. The average molecular weight is 333 g/mol. The van der Waals surface area contributed by atoms with Gasteiger partial charge in [-0.05, 0) is 30.7 Å². The van der Waals surface area contributed by atoms with Crippen molar-refractivity contribution in [2.45, 2.75) is 43.6 Å². The van der Waals surface area contributed by atoms with Crippen LogP contribution in [0, 0.1) is 6.92 Å². The van der Waals surface area contributed by atoms with E-state index in [1.807, 2.05) is 0 Å². The zero-order valence-electron chi connectivity index (χ0n) is 11.8. The van der Waals surface area contributed by atoms with Crippen LogP contribution in [0.15, 0.2) is 10.3 Å². The molecule has 1 fully saturated rings. The summed E-state index contributed by atoms with van der Waals surface area (Å²) >= 11 is 0.921. The number of aromatic carboxylic acids is 1. The number of thiophene rings is 1. The minimum absolute atomic E-state index is 0.138. The Morgan fingerprint density at radius 1 is 1.48 bits per heavy atom. The van der Waals surface area contributed by atoms with Crippen LogP contribution >= 0.6 is 11.3 Å². The molecule has 0 aromatic carbocycles. The van der Waals surface area contributed by atoms with Crippen molar-refractivity contribution in [3.05, 3.63) is 15.8 Å². The number of carboxylic acids is 1. The van der Waals surface area contributed by atoms with Gasteiger partial charge >= 0.3 is 5.97 Å². The van der Waals surface area contributed by atoms with E-state index in [0.717, 1.165) is 37.0 Å². The summed E-state index contributed by atoms with van der Waals surface area (Å²) in [7, 11) is -3.82. The summed E-state index contributed by atoms with van der Waals surface area (Å²) in [6.45, 7) is 2.04. The van der Waals surface area contributed by atoms with Gasteiger partial charge in [-0.2, -0.15) is 0 Å². The molecule has 0 spiro atoms. The molecule has 0 amide bonds. The highest BCUT2D eigenvalue weighted by Gasteiger charge is 2.26. The van der Waals surface area contributed by atoms with Gasteiger partial charge in [0.1, 0.15) is 9.77 Å². The lowest BCUT2D eigenvalue weighted by molar-refractivity contribution is 0.0626. The zero-order chi connectivity index (χ0) is 15.5. The Kier molecular flexibility index (Phi) is 5.37. The lowest BCUT2D eigenvalue weighted by atomic mass is 10.3. The predicted molar refractivity (Wildman–Crippen MR) is 79.4 cm³/mol. The first kappa shape index (κ1) is 16.4. The molecule has 0 unspecified atom stereocenters. The summed E-state index contributed by atoms with van der Waals surface area (Å²) in [4.78, 5) is 10.8. The monoisotopic (exact) mass is 333 g/mol. The first-order chi connectivity index (χ1) is 9.92. The van der Waals surface area contributed by atoms with Gasteiger partial charge in [0.2, 0.25) is 10.0 Å². The molecule has 1 heterocycles. The fraction of sp³-hybridized carbons (Fsp3) is 0.615. The molecular weight excluding hydrogens is 314 g/mol. The van der Waals surface area contributed by atoms with Crippen LogP contribution < -0.4 is 4.72 Å². The number of ether oxygens (including phenoxy) is 1. The summed E-state index contributed by atoms with van der Waals surface area (Å²) < 4.78 is 32.4. The van der Waals surface area contributed by atoms with Crippen LogP contribution in [0.25, 0.3) is 0 Å². The van der Waals surface area contributed by atoms with E-state index >= 15 is 0 Å². The van der Waals surface area contributed by atoms with E-state index < -0.39 is 16.0 Å². The van der Waals surface area contributed by atoms with Gasteiger partial charge in [-0.1, -0.05) is 12.8 Å². The van der Waals surface area contributed by atoms with Crippen molar-refractivity contribution < 1.29 is 23.1 Å². The normalized spacial score (nSPS) is 16.4. The van der Waals surface area contributed by atoms with Gasteiger partial charge in [0.15, 0.2) is 0 Å². The third kappa shape index (κ3) is 4.03. The molecule has 2 rings (SSSR count). The van der Waals surface area contributed by atoms with Gasteiger partial charge in [-0.15, -0.1) is 11.3 Å². The number of aryl methyl sites for hydroxylation is 1. The van der Waals surface area contributed by atoms with Gasteiger partial charge in [0, 0.05) is 6.54 Å². The largest absolute Gasteiger partial charge is 0.477 e. The highest BCUT2D eigenvalue weighted by molar-refractivity contribution is 7.89. The van der Waals surface area contributed by atoms with E-state index in [9.17, 15) is 13.2 Å². The lowest BCUT2D eigenvalue weighted by Crippen LogP contribution is -2.29. The Balaban J connectivity index is 1.95. The van der Waals surface area contributed by atoms with Gasteiger partial charge in [0.25, 0.3) is 0 Å². The molecule has 118 valence electrons. The van der Waals surface area contributed by atoms with Gasteiger partial charge in [-0.25, -0.2) is 17.9 Å². The Labute approximate surface area is 128 Å². The molecule has 1 saturated carbocycles. The van der Waals surface area contributed by atoms with Crippen molar-refractivity contribution in [2.24, 2.45) is 0 Å². The van der Waals surface area contributed by atoms with Crippen LogP contribution in [-0.4, -0.2) is 38.7 Å². The molecule has 0 aliphatic heterocycles. The summed E-state index contributed by atoms with van der Waals surface area (Å²) in [5.74, 6) is -1.23. The van der Waals surface area contributed by atoms with E-state index in [2.05, 4.69) is 4.72 Å². The number of rotatable bonds is 7. The number of carboxylic acid groups (broad SMARTS) is 1. The first-order valence-electron chi connectivity index (χ1n) is 6.84. The smallest absolute Gasteiger partial charge is 0.347 e. The molecule has 1 aliphatic rings. The van der Waals surface area contributed by atoms with Crippen molar-refractivity contribution >= 4 is 27.3 Å². The van der Waals surface area contributed by atoms with Gasteiger partial charge in [0.05, 0.1) is 12.7 Å². The maximum atomic E-state index is 12.2. The standard InChI is InChI=1S/C13H19NO5S2/c1-9-8-20-11(13(15)16)12(9)21(17,18)14-6-7-19-10-4-2-3-5-10/h8,10,14H,2-7H2,1H3,(H,15,16). The maximum Gasteiger partial charge on any atom is 0.347 e. The van der Waals surface area contributed by atoms with E-state index in [4.69, 9.17) is 9.84 Å². The second-order valence-corrected chi connectivity index (χ2v) is 7.64. The summed E-state index contributed by atoms with van der Waals surface area (Å²) in [5.41, 5.74) is 0.446. The average Bonchev–Trinajstić information content (AvgIpc) is 3.03. The molecule has 0 radical (unpaired) electrons. The predicted octanol–water partition coefficient (Wildman–Crippen LogP) is 1.99. The molecule has 0 atom stereocenters. The van der Waals surface area contributed by atoms with Gasteiger partial charge in [-0.3, -0.25) is 0 Å². The van der Waals surface area contributed by atoms with Crippen LogP contribution in [-0.2, 0) is 14.8 Å². The Bertz CT molecular complexity index is 602. The third-order valence-corrected chi connectivity index (χ3v) is 6.29. The van der Waals surface area contributed by atoms with Crippen molar-refractivity contribution in [1.82, 2.24) is 4.72 Å². The first-order valence-corrected chi connectivity index (χ1v) is 9.21. The fourth-order valence-corrected chi connectivity index (χ4v) is 5.08. The second-order valence-electron chi connectivity index (χ2n) is 5.06. The minimum atomic E-state index is -3.82. The van der Waals surface area contributed by atoms with Crippen molar-refractivity contribution in [3.63, 3.8) is 0 Å². The van der Waals surface area contributed by atoms with Crippen LogP contribution in [0.2, 0.25) is 0 Å². The minimum Gasteiger partial charge on any atom is -0.477 e.